The molecule has 172 valence electrons. The Morgan fingerprint density at radius 2 is 2.03 bits per heavy atom. The van der Waals surface area contributed by atoms with Crippen LogP contribution in [0.4, 0.5) is 0 Å². The minimum absolute atomic E-state index is 0.0442. The minimum atomic E-state index is -0.836. The molecule has 2 aromatic heterocycles. The maximum atomic E-state index is 11.4. The van der Waals surface area contributed by atoms with E-state index in [2.05, 4.69) is 28.4 Å². The maximum Gasteiger partial charge on any atom is 0.268 e. The molecule has 2 N–H and O–H groups in total. The largest absolute Gasteiger partial charge is 0.490 e. The second kappa shape index (κ2) is 11.2. The molecule has 0 aliphatic heterocycles. The molecule has 0 radical (unpaired) electrons. The van der Waals surface area contributed by atoms with Crippen molar-refractivity contribution in [3.63, 3.8) is 0 Å². The summed E-state index contributed by atoms with van der Waals surface area (Å²) < 4.78 is 16.0. The topological polar surface area (TPSA) is 107 Å². The normalized spacial score (nSPS) is 12.0. The van der Waals surface area contributed by atoms with E-state index in [4.69, 9.17) is 14.0 Å². The number of aliphatic hydroxyl groups excluding tert-OH is 1. The van der Waals surface area contributed by atoms with Crippen molar-refractivity contribution in [2.24, 2.45) is 0 Å². The van der Waals surface area contributed by atoms with Gasteiger partial charge in [0.25, 0.3) is 5.89 Å². The highest BCUT2D eigenvalue weighted by Gasteiger charge is 2.16. The van der Waals surface area contributed by atoms with Crippen molar-refractivity contribution < 1.29 is 23.9 Å². The third-order valence-corrected chi connectivity index (χ3v) is 5.88. The van der Waals surface area contributed by atoms with E-state index >= 15 is 0 Å². The molecule has 3 aromatic rings. The van der Waals surface area contributed by atoms with Crippen molar-refractivity contribution >= 4 is 17.2 Å². The number of carbonyl (C=O) groups excluding carboxylic acids is 1. The van der Waals surface area contributed by atoms with E-state index < -0.39 is 6.10 Å². The Morgan fingerprint density at radius 3 is 2.72 bits per heavy atom. The van der Waals surface area contributed by atoms with Gasteiger partial charge in [-0.2, -0.15) is 4.98 Å². The van der Waals surface area contributed by atoms with E-state index in [0.717, 1.165) is 34.4 Å². The Hall–Kier alpha value is -2.75. The molecular formula is C23H29N3O5S. The number of rotatable bonds is 11. The van der Waals surface area contributed by atoms with Crippen LogP contribution in [0.15, 0.2) is 28.8 Å². The first-order valence-electron chi connectivity index (χ1n) is 10.5. The number of ether oxygens (including phenoxy) is 2. The van der Waals surface area contributed by atoms with Gasteiger partial charge in [-0.25, -0.2) is 0 Å². The molecule has 0 aliphatic carbocycles. The molecular weight excluding hydrogens is 430 g/mol. The monoisotopic (exact) mass is 459 g/mol. The molecule has 0 spiro atoms. The average molecular weight is 460 g/mol. The molecule has 0 fully saturated rings. The Balaban J connectivity index is 1.65. The maximum absolute atomic E-state index is 11.4. The summed E-state index contributed by atoms with van der Waals surface area (Å²) in [6.07, 6.45) is 1.30. The lowest BCUT2D eigenvalue weighted by molar-refractivity contribution is -0.125. The van der Waals surface area contributed by atoms with Gasteiger partial charge >= 0.3 is 0 Å². The molecule has 0 aliphatic rings. The number of carbonyl (C=O) groups is 1. The molecule has 0 saturated heterocycles. The lowest BCUT2D eigenvalue weighted by Gasteiger charge is -2.16. The Kier molecular flexibility index (Phi) is 8.38. The van der Waals surface area contributed by atoms with Crippen LogP contribution in [0.2, 0.25) is 0 Å². The number of aliphatic hydroxyl groups is 1. The van der Waals surface area contributed by atoms with E-state index in [1.165, 1.54) is 12.0 Å². The number of methoxy groups -OCH3 is 1. The van der Waals surface area contributed by atoms with Gasteiger partial charge in [-0.05, 0) is 55.7 Å². The van der Waals surface area contributed by atoms with Gasteiger partial charge in [0.2, 0.25) is 11.7 Å². The number of nitrogens with one attached hydrogen (secondary N) is 1. The summed E-state index contributed by atoms with van der Waals surface area (Å²) in [5, 5.41) is 16.8. The van der Waals surface area contributed by atoms with Gasteiger partial charge in [0, 0.05) is 24.1 Å². The van der Waals surface area contributed by atoms with E-state index in [1.54, 1.807) is 11.3 Å². The Bertz CT molecular complexity index is 1020. The number of aryl methyl sites for hydroxylation is 3. The molecule has 8 nitrogen and oxygen atoms in total. The number of aromatic nitrogens is 2. The fourth-order valence-electron chi connectivity index (χ4n) is 3.27. The van der Waals surface area contributed by atoms with Gasteiger partial charge < -0.3 is 24.4 Å². The first kappa shape index (κ1) is 23.9. The Morgan fingerprint density at radius 1 is 1.28 bits per heavy atom. The molecule has 2 heterocycles. The minimum Gasteiger partial charge on any atom is -0.490 e. The smallest absolute Gasteiger partial charge is 0.268 e. The SMILES string of the molecule is CCCc1ccc(-c2nc(-c3cc(C)c(OC[C@@H](O)CNC(=O)COC)c(C)c3)no2)s1. The van der Waals surface area contributed by atoms with Gasteiger partial charge in [0.1, 0.15) is 25.1 Å². The molecule has 3 rings (SSSR count). The molecule has 32 heavy (non-hydrogen) atoms. The number of hydrogen-bond acceptors (Lipinski definition) is 8. The highest BCUT2D eigenvalue weighted by Crippen LogP contribution is 2.32. The van der Waals surface area contributed by atoms with E-state index in [1.807, 2.05) is 32.0 Å². The third-order valence-electron chi connectivity index (χ3n) is 4.74. The zero-order chi connectivity index (χ0) is 23.1. The fraction of sp³-hybridized carbons (Fsp3) is 0.435. The van der Waals surface area contributed by atoms with E-state index in [-0.39, 0.29) is 25.7 Å². The number of thiophene rings is 1. The molecule has 1 atom stereocenters. The first-order chi connectivity index (χ1) is 15.4. The summed E-state index contributed by atoms with van der Waals surface area (Å²) in [5.41, 5.74) is 2.62. The highest BCUT2D eigenvalue weighted by atomic mass is 32.1. The van der Waals surface area contributed by atoms with Gasteiger partial charge in [-0.15, -0.1) is 11.3 Å². The predicted molar refractivity (Wildman–Crippen MR) is 123 cm³/mol. The number of benzene rings is 1. The van der Waals surface area contributed by atoms with Crippen molar-refractivity contribution in [1.82, 2.24) is 15.5 Å². The van der Waals surface area contributed by atoms with Gasteiger partial charge in [-0.1, -0.05) is 18.5 Å². The van der Waals surface area contributed by atoms with E-state index in [9.17, 15) is 9.90 Å². The van der Waals surface area contributed by atoms with Crippen LogP contribution in [0.1, 0.15) is 29.3 Å². The summed E-state index contributed by atoms with van der Waals surface area (Å²) >= 11 is 1.67. The summed E-state index contributed by atoms with van der Waals surface area (Å²) in [4.78, 5) is 18.3. The summed E-state index contributed by atoms with van der Waals surface area (Å²) in [5.74, 6) is 1.43. The average Bonchev–Trinajstić information content (AvgIpc) is 3.42. The lowest BCUT2D eigenvalue weighted by atomic mass is 10.1. The van der Waals surface area contributed by atoms with Gasteiger partial charge in [0.15, 0.2) is 0 Å². The zero-order valence-corrected chi connectivity index (χ0v) is 19.6. The summed E-state index contributed by atoms with van der Waals surface area (Å²) in [7, 11) is 1.44. The van der Waals surface area contributed by atoms with E-state index in [0.29, 0.717) is 17.5 Å². The van der Waals surface area contributed by atoms with Gasteiger partial charge in [-0.3, -0.25) is 4.79 Å². The third kappa shape index (κ3) is 6.15. The van der Waals surface area contributed by atoms with Gasteiger partial charge in [0.05, 0.1) is 4.88 Å². The standard InChI is InChI=1S/C23H29N3O5S/c1-5-6-18-7-8-19(32-18)23-25-22(26-31-23)16-9-14(2)21(15(3)10-16)30-12-17(27)11-24-20(28)13-29-4/h7-10,17,27H,5-6,11-13H2,1-4H3,(H,24,28)/t17-/m0/s1. The molecule has 0 unspecified atom stereocenters. The van der Waals surface area contributed by atoms with Crippen LogP contribution in [-0.2, 0) is 16.0 Å². The quantitative estimate of drug-likeness (QED) is 0.452. The number of amides is 1. The van der Waals surface area contributed by atoms with Crippen molar-refractivity contribution in [3.8, 4) is 27.9 Å². The van der Waals surface area contributed by atoms with Crippen molar-refractivity contribution in [2.45, 2.75) is 39.7 Å². The second-order valence-electron chi connectivity index (χ2n) is 7.58. The number of nitrogens with zero attached hydrogens (tertiary/aromatic N) is 2. The fourth-order valence-corrected chi connectivity index (χ4v) is 4.30. The van der Waals surface area contributed by atoms with Crippen LogP contribution in [-0.4, -0.2) is 54.1 Å². The lowest BCUT2D eigenvalue weighted by Crippen LogP contribution is -2.37. The highest BCUT2D eigenvalue weighted by molar-refractivity contribution is 7.15. The second-order valence-corrected chi connectivity index (χ2v) is 8.75. The summed E-state index contributed by atoms with van der Waals surface area (Å²) in [6.45, 7) is 6.11. The van der Waals surface area contributed by atoms with Crippen LogP contribution < -0.4 is 10.1 Å². The summed E-state index contributed by atoms with van der Waals surface area (Å²) in [6, 6.07) is 7.98. The first-order valence-corrected chi connectivity index (χ1v) is 11.3. The van der Waals surface area contributed by atoms with Crippen LogP contribution >= 0.6 is 11.3 Å². The van der Waals surface area contributed by atoms with Crippen LogP contribution in [0.3, 0.4) is 0 Å². The van der Waals surface area contributed by atoms with Crippen LogP contribution in [0, 0.1) is 13.8 Å². The van der Waals surface area contributed by atoms with Crippen molar-refractivity contribution in [2.75, 3.05) is 26.9 Å². The molecule has 0 saturated carbocycles. The molecule has 1 aromatic carbocycles. The van der Waals surface area contributed by atoms with Crippen LogP contribution in [0.25, 0.3) is 22.2 Å². The Labute approximate surface area is 191 Å². The molecule has 0 bridgehead atoms. The van der Waals surface area contributed by atoms with Crippen LogP contribution in [0.5, 0.6) is 5.75 Å². The van der Waals surface area contributed by atoms with Crippen molar-refractivity contribution in [3.05, 3.63) is 40.3 Å². The number of hydrogen-bond donors (Lipinski definition) is 2. The predicted octanol–water partition coefficient (Wildman–Crippen LogP) is 3.54. The molecule has 1 amide bonds. The molecule has 9 heteroatoms. The van der Waals surface area contributed by atoms with Crippen molar-refractivity contribution in [1.29, 1.82) is 0 Å². The zero-order valence-electron chi connectivity index (χ0n) is 18.8.